The standard InChI is InChI=1S/C10H18N4O3S/c1-4-14-9(16)12-13-10(14)18-6-5-7(11-2)8(15)17-3/h7,11H,4-6H2,1-3H3,(H,12,16). The molecule has 0 aromatic carbocycles. The van der Waals surface area contributed by atoms with Gasteiger partial charge in [0.25, 0.3) is 0 Å². The molecule has 1 aromatic rings. The van der Waals surface area contributed by atoms with Crippen LogP contribution in [0.15, 0.2) is 9.95 Å². The first kappa shape index (κ1) is 14.8. The number of carbonyl (C=O) groups excluding carboxylic acids is 1. The fraction of sp³-hybridized carbons (Fsp3) is 0.700. The molecule has 8 heteroatoms. The van der Waals surface area contributed by atoms with Crippen molar-refractivity contribution in [3.63, 3.8) is 0 Å². The van der Waals surface area contributed by atoms with Gasteiger partial charge in [-0.1, -0.05) is 11.8 Å². The topological polar surface area (TPSA) is 89.0 Å². The Morgan fingerprint density at radius 1 is 1.67 bits per heavy atom. The molecule has 2 N–H and O–H groups in total. The van der Waals surface area contributed by atoms with Gasteiger partial charge >= 0.3 is 11.7 Å². The SMILES string of the molecule is CCn1c(SCCC(NC)C(=O)OC)n[nH]c1=O. The number of rotatable bonds is 7. The van der Waals surface area contributed by atoms with Crippen molar-refractivity contribution in [2.24, 2.45) is 0 Å². The molecule has 0 amide bonds. The van der Waals surface area contributed by atoms with Crippen molar-refractivity contribution in [3.05, 3.63) is 10.5 Å². The molecule has 0 aliphatic heterocycles. The zero-order valence-corrected chi connectivity index (χ0v) is 11.5. The first-order valence-electron chi connectivity index (χ1n) is 5.67. The summed E-state index contributed by atoms with van der Waals surface area (Å²) < 4.78 is 6.22. The van der Waals surface area contributed by atoms with E-state index in [4.69, 9.17) is 0 Å². The van der Waals surface area contributed by atoms with E-state index in [1.165, 1.54) is 18.9 Å². The summed E-state index contributed by atoms with van der Waals surface area (Å²) in [5.41, 5.74) is -0.210. The van der Waals surface area contributed by atoms with E-state index >= 15 is 0 Å². The van der Waals surface area contributed by atoms with Gasteiger partial charge in [-0.15, -0.1) is 5.10 Å². The first-order valence-corrected chi connectivity index (χ1v) is 6.65. The highest BCUT2D eigenvalue weighted by Crippen LogP contribution is 2.15. The van der Waals surface area contributed by atoms with Gasteiger partial charge in [-0.2, -0.15) is 0 Å². The molecular formula is C10H18N4O3S. The van der Waals surface area contributed by atoms with E-state index in [9.17, 15) is 9.59 Å². The van der Waals surface area contributed by atoms with Crippen molar-refractivity contribution >= 4 is 17.7 Å². The van der Waals surface area contributed by atoms with Crippen LogP contribution in [0.2, 0.25) is 0 Å². The number of nitrogens with one attached hydrogen (secondary N) is 2. The summed E-state index contributed by atoms with van der Waals surface area (Å²) >= 11 is 1.44. The molecule has 7 nitrogen and oxygen atoms in total. The zero-order valence-electron chi connectivity index (χ0n) is 10.7. The van der Waals surface area contributed by atoms with Crippen LogP contribution in [0.25, 0.3) is 0 Å². The molecule has 1 rings (SSSR count). The Labute approximate surface area is 109 Å². The number of esters is 1. The van der Waals surface area contributed by atoms with E-state index in [1.54, 1.807) is 11.6 Å². The average molecular weight is 274 g/mol. The number of H-pyrrole nitrogens is 1. The highest BCUT2D eigenvalue weighted by Gasteiger charge is 2.17. The normalized spacial score (nSPS) is 12.4. The van der Waals surface area contributed by atoms with E-state index in [0.29, 0.717) is 23.9 Å². The van der Waals surface area contributed by atoms with Crippen LogP contribution in [0.5, 0.6) is 0 Å². The number of likely N-dealkylation sites (N-methyl/N-ethyl adjacent to an activating group) is 1. The smallest absolute Gasteiger partial charge is 0.343 e. The molecule has 0 bridgehead atoms. The van der Waals surface area contributed by atoms with Crippen molar-refractivity contribution in [1.29, 1.82) is 0 Å². The van der Waals surface area contributed by atoms with Crippen molar-refractivity contribution < 1.29 is 9.53 Å². The van der Waals surface area contributed by atoms with E-state index in [2.05, 4.69) is 20.3 Å². The lowest BCUT2D eigenvalue weighted by Gasteiger charge is -2.12. The number of carbonyl (C=O) groups is 1. The van der Waals surface area contributed by atoms with Crippen LogP contribution in [-0.4, -0.2) is 46.7 Å². The summed E-state index contributed by atoms with van der Waals surface area (Å²) in [7, 11) is 3.07. The maximum Gasteiger partial charge on any atom is 0.343 e. The fourth-order valence-electron chi connectivity index (χ4n) is 1.48. The van der Waals surface area contributed by atoms with E-state index in [-0.39, 0.29) is 17.7 Å². The molecule has 0 saturated carbocycles. The number of aromatic nitrogens is 3. The number of hydrogen-bond donors (Lipinski definition) is 2. The Balaban J connectivity index is 2.50. The van der Waals surface area contributed by atoms with Crippen LogP contribution >= 0.6 is 11.8 Å². The minimum atomic E-state index is -0.330. The molecule has 0 fully saturated rings. The van der Waals surface area contributed by atoms with Crippen molar-refractivity contribution in [1.82, 2.24) is 20.1 Å². The minimum absolute atomic E-state index is 0.210. The van der Waals surface area contributed by atoms with Gasteiger partial charge in [0.2, 0.25) is 0 Å². The maximum atomic E-state index is 11.3. The van der Waals surface area contributed by atoms with Crippen LogP contribution in [0.3, 0.4) is 0 Å². The van der Waals surface area contributed by atoms with Gasteiger partial charge in [0.15, 0.2) is 5.16 Å². The molecule has 0 radical (unpaired) electrons. The van der Waals surface area contributed by atoms with Crippen molar-refractivity contribution in [2.45, 2.75) is 31.1 Å². The summed E-state index contributed by atoms with van der Waals surface area (Å²) in [6.45, 7) is 2.45. The molecule has 0 aliphatic rings. The molecule has 1 heterocycles. The summed E-state index contributed by atoms with van der Waals surface area (Å²) in [5.74, 6) is 0.387. The first-order chi connectivity index (χ1) is 8.63. The van der Waals surface area contributed by atoms with Gasteiger partial charge < -0.3 is 10.1 Å². The van der Waals surface area contributed by atoms with Crippen LogP contribution in [-0.2, 0) is 16.1 Å². The maximum absolute atomic E-state index is 11.3. The molecule has 18 heavy (non-hydrogen) atoms. The molecule has 0 saturated heterocycles. The second-order valence-corrected chi connectivity index (χ2v) is 4.62. The molecule has 1 atom stereocenters. The Hall–Kier alpha value is -1.28. The van der Waals surface area contributed by atoms with Gasteiger partial charge in [-0.3, -0.25) is 9.36 Å². The summed E-state index contributed by atoms with van der Waals surface area (Å²) in [5, 5.41) is 9.86. The number of thioether (sulfide) groups is 1. The second-order valence-electron chi connectivity index (χ2n) is 3.56. The molecule has 102 valence electrons. The largest absolute Gasteiger partial charge is 0.468 e. The third-order valence-electron chi connectivity index (χ3n) is 2.51. The third kappa shape index (κ3) is 3.61. The molecule has 0 spiro atoms. The van der Waals surface area contributed by atoms with E-state index < -0.39 is 0 Å². The van der Waals surface area contributed by atoms with E-state index in [1.807, 2.05) is 6.92 Å². The van der Waals surface area contributed by atoms with Crippen molar-refractivity contribution in [3.8, 4) is 0 Å². The molecule has 0 aliphatic carbocycles. The van der Waals surface area contributed by atoms with E-state index in [0.717, 1.165) is 0 Å². The highest BCUT2D eigenvalue weighted by molar-refractivity contribution is 7.99. The number of hydrogen-bond acceptors (Lipinski definition) is 6. The Kier molecular flexibility index (Phi) is 5.93. The summed E-state index contributed by atoms with van der Waals surface area (Å²) in [4.78, 5) is 22.7. The van der Waals surface area contributed by atoms with Gasteiger partial charge in [0, 0.05) is 12.3 Å². The molecule has 1 unspecified atom stereocenters. The number of nitrogens with zero attached hydrogens (tertiary/aromatic N) is 2. The van der Waals surface area contributed by atoms with Crippen LogP contribution < -0.4 is 11.0 Å². The highest BCUT2D eigenvalue weighted by atomic mass is 32.2. The Morgan fingerprint density at radius 3 is 2.94 bits per heavy atom. The van der Waals surface area contributed by atoms with Crippen LogP contribution in [0.4, 0.5) is 0 Å². The van der Waals surface area contributed by atoms with Crippen molar-refractivity contribution in [2.75, 3.05) is 19.9 Å². The number of ether oxygens (including phenoxy) is 1. The van der Waals surface area contributed by atoms with Gasteiger partial charge in [0.1, 0.15) is 6.04 Å². The summed E-state index contributed by atoms with van der Waals surface area (Å²) in [6, 6.07) is -0.330. The minimum Gasteiger partial charge on any atom is -0.468 e. The third-order valence-corrected chi connectivity index (χ3v) is 3.52. The van der Waals surface area contributed by atoms with Gasteiger partial charge in [0.05, 0.1) is 7.11 Å². The lowest BCUT2D eigenvalue weighted by Crippen LogP contribution is -2.35. The van der Waals surface area contributed by atoms with Gasteiger partial charge in [-0.05, 0) is 20.4 Å². The quantitative estimate of drug-likeness (QED) is 0.530. The van der Waals surface area contributed by atoms with Crippen LogP contribution in [0.1, 0.15) is 13.3 Å². The summed E-state index contributed by atoms with van der Waals surface area (Å²) in [6.07, 6.45) is 0.610. The molecular weight excluding hydrogens is 256 g/mol. The second kappa shape index (κ2) is 7.22. The molecule has 1 aromatic heterocycles. The lowest BCUT2D eigenvalue weighted by atomic mass is 10.2. The average Bonchev–Trinajstić information content (AvgIpc) is 2.74. The lowest BCUT2D eigenvalue weighted by molar-refractivity contribution is -0.143. The Morgan fingerprint density at radius 2 is 2.39 bits per heavy atom. The predicted molar refractivity (Wildman–Crippen MR) is 68.7 cm³/mol. The van der Waals surface area contributed by atoms with Gasteiger partial charge in [-0.25, -0.2) is 9.89 Å². The zero-order chi connectivity index (χ0) is 13.5. The fourth-order valence-corrected chi connectivity index (χ4v) is 2.50. The Bertz CT molecular complexity index is 443. The predicted octanol–water partition coefficient (Wildman–Crippen LogP) is -0.165. The van der Waals surface area contributed by atoms with Crippen LogP contribution in [0, 0.1) is 0 Å². The monoisotopic (exact) mass is 274 g/mol. The number of methoxy groups -OCH3 is 1. The number of aromatic amines is 1.